The quantitative estimate of drug-likeness (QED) is 0.421. The van der Waals surface area contributed by atoms with Gasteiger partial charge >= 0.3 is 5.82 Å². The van der Waals surface area contributed by atoms with Gasteiger partial charge in [0.25, 0.3) is 5.91 Å². The summed E-state index contributed by atoms with van der Waals surface area (Å²) in [5.41, 5.74) is 1.21. The van der Waals surface area contributed by atoms with Gasteiger partial charge in [-0.3, -0.25) is 19.0 Å². The number of anilines is 1. The van der Waals surface area contributed by atoms with Crippen LogP contribution in [0.5, 0.6) is 0 Å². The van der Waals surface area contributed by atoms with Crippen molar-refractivity contribution in [2.75, 3.05) is 5.32 Å². The summed E-state index contributed by atoms with van der Waals surface area (Å²) >= 11 is 0. The van der Waals surface area contributed by atoms with Gasteiger partial charge in [0.1, 0.15) is 12.2 Å². The fourth-order valence-corrected chi connectivity index (χ4v) is 2.50. The van der Waals surface area contributed by atoms with Crippen LogP contribution in [0.25, 0.3) is 0 Å². The van der Waals surface area contributed by atoms with Crippen molar-refractivity contribution in [3.63, 3.8) is 0 Å². The van der Waals surface area contributed by atoms with Crippen LogP contribution in [0.2, 0.25) is 0 Å². The first kappa shape index (κ1) is 18.8. The Hall–Kier alpha value is -4.03. The van der Waals surface area contributed by atoms with Gasteiger partial charge in [0.05, 0.1) is 35.4 Å². The Bertz CT molecular complexity index is 1030. The number of rotatable bonds is 7. The van der Waals surface area contributed by atoms with Crippen LogP contribution in [0.15, 0.2) is 30.9 Å². The second kappa shape index (κ2) is 7.69. The van der Waals surface area contributed by atoms with Crippen LogP contribution in [0.4, 0.5) is 11.5 Å². The number of nitrogens with one attached hydrogen (secondary N) is 2. The Labute approximate surface area is 158 Å². The first-order chi connectivity index (χ1) is 13.3. The molecule has 0 bridgehead atoms. The normalized spacial score (nSPS) is 10.6. The predicted octanol–water partition coefficient (Wildman–Crippen LogP) is -0.173. The average molecular weight is 387 g/mol. The van der Waals surface area contributed by atoms with Gasteiger partial charge in [-0.05, 0) is 4.92 Å². The maximum Gasteiger partial charge on any atom is 0.389 e. The number of nitro groups is 1. The van der Waals surface area contributed by atoms with Crippen LogP contribution in [0, 0.1) is 10.1 Å². The molecule has 0 spiro atoms. The molecule has 3 rings (SSSR count). The maximum atomic E-state index is 12.5. The molecule has 0 aromatic carbocycles. The number of amides is 2. The predicted molar refractivity (Wildman–Crippen MR) is 95.1 cm³/mol. The number of hydrogen-bond donors (Lipinski definition) is 2. The van der Waals surface area contributed by atoms with Crippen LogP contribution in [-0.2, 0) is 32.0 Å². The summed E-state index contributed by atoms with van der Waals surface area (Å²) in [6.07, 6.45) is 6.08. The Kier molecular flexibility index (Phi) is 5.15. The highest BCUT2D eigenvalue weighted by Gasteiger charge is 2.20. The van der Waals surface area contributed by atoms with Gasteiger partial charge in [-0.2, -0.15) is 14.9 Å². The molecule has 0 aliphatic heterocycles. The van der Waals surface area contributed by atoms with Crippen molar-refractivity contribution in [3.05, 3.63) is 52.2 Å². The van der Waals surface area contributed by atoms with Crippen molar-refractivity contribution in [1.29, 1.82) is 0 Å². The summed E-state index contributed by atoms with van der Waals surface area (Å²) in [6, 6.07) is 1.19. The fraction of sp³-hybridized carbons (Fsp3) is 0.267. The highest BCUT2D eigenvalue weighted by molar-refractivity contribution is 6.02. The molecule has 0 radical (unpaired) electrons. The zero-order valence-electron chi connectivity index (χ0n) is 15.1. The lowest BCUT2D eigenvalue weighted by Gasteiger charge is -2.08. The minimum absolute atomic E-state index is 0.170. The lowest BCUT2D eigenvalue weighted by molar-refractivity contribution is -0.389. The van der Waals surface area contributed by atoms with E-state index >= 15 is 0 Å². The molecule has 0 atom stereocenters. The molecule has 13 heteroatoms. The third-order valence-corrected chi connectivity index (χ3v) is 3.76. The second-order valence-electron chi connectivity index (χ2n) is 5.91. The van der Waals surface area contributed by atoms with Crippen molar-refractivity contribution >= 4 is 23.3 Å². The molecule has 13 nitrogen and oxygen atoms in total. The number of aromatic nitrogens is 6. The third kappa shape index (κ3) is 4.20. The van der Waals surface area contributed by atoms with E-state index in [-0.39, 0.29) is 30.3 Å². The lowest BCUT2D eigenvalue weighted by atomic mass is 10.3. The molecule has 0 aliphatic rings. The van der Waals surface area contributed by atoms with Gasteiger partial charge in [-0.15, -0.1) is 0 Å². The van der Waals surface area contributed by atoms with E-state index in [2.05, 4.69) is 25.9 Å². The summed E-state index contributed by atoms with van der Waals surface area (Å²) in [4.78, 5) is 34.7. The lowest BCUT2D eigenvalue weighted by Crippen LogP contribution is -2.27. The number of carbonyl (C=O) groups is 2. The summed E-state index contributed by atoms with van der Waals surface area (Å²) < 4.78 is 4.09. The Morgan fingerprint density at radius 2 is 2.04 bits per heavy atom. The van der Waals surface area contributed by atoms with E-state index in [1.54, 1.807) is 31.2 Å². The molecule has 0 saturated heterocycles. The number of hydrogen-bond acceptors (Lipinski definition) is 7. The second-order valence-corrected chi connectivity index (χ2v) is 5.91. The van der Waals surface area contributed by atoms with Crippen LogP contribution in [0.1, 0.15) is 16.1 Å². The molecule has 2 amide bonds. The minimum Gasteiger partial charge on any atom is -0.358 e. The molecule has 2 N–H and O–H groups in total. The molecule has 0 aliphatic carbocycles. The van der Waals surface area contributed by atoms with E-state index < -0.39 is 16.7 Å². The summed E-state index contributed by atoms with van der Waals surface area (Å²) in [7, 11) is 3.35. The monoisotopic (exact) mass is 387 g/mol. The van der Waals surface area contributed by atoms with Gasteiger partial charge in [0.15, 0.2) is 0 Å². The van der Waals surface area contributed by atoms with E-state index in [4.69, 9.17) is 0 Å². The van der Waals surface area contributed by atoms with E-state index in [1.807, 2.05) is 0 Å². The maximum absolute atomic E-state index is 12.5. The van der Waals surface area contributed by atoms with Gasteiger partial charge < -0.3 is 20.7 Å². The highest BCUT2D eigenvalue weighted by Crippen LogP contribution is 2.15. The van der Waals surface area contributed by atoms with Crippen LogP contribution in [-0.4, -0.2) is 46.1 Å². The molecule has 3 aromatic heterocycles. The molecule has 3 heterocycles. The van der Waals surface area contributed by atoms with Crippen molar-refractivity contribution in [1.82, 2.24) is 34.7 Å². The first-order valence-corrected chi connectivity index (χ1v) is 8.09. The Balaban J connectivity index is 1.64. The van der Waals surface area contributed by atoms with Crippen LogP contribution >= 0.6 is 0 Å². The topological polar surface area (TPSA) is 155 Å². The van der Waals surface area contributed by atoms with Crippen molar-refractivity contribution in [2.24, 2.45) is 14.1 Å². The van der Waals surface area contributed by atoms with Crippen LogP contribution in [0.3, 0.4) is 0 Å². The van der Waals surface area contributed by atoms with Crippen molar-refractivity contribution in [3.8, 4) is 0 Å². The van der Waals surface area contributed by atoms with Gasteiger partial charge in [-0.25, -0.2) is 0 Å². The van der Waals surface area contributed by atoms with Crippen LogP contribution < -0.4 is 10.6 Å². The number of aryl methyl sites for hydroxylation is 2. The van der Waals surface area contributed by atoms with Crippen molar-refractivity contribution in [2.45, 2.75) is 13.1 Å². The molecule has 3 aromatic rings. The largest absolute Gasteiger partial charge is 0.389 e. The van der Waals surface area contributed by atoms with E-state index in [1.165, 1.54) is 23.1 Å². The average Bonchev–Trinajstić information content (AvgIpc) is 3.34. The minimum atomic E-state index is -0.653. The molecular formula is C15H17N9O4. The van der Waals surface area contributed by atoms with Crippen molar-refractivity contribution < 1.29 is 14.5 Å². The molecule has 0 fully saturated rings. The molecule has 0 unspecified atom stereocenters. The SMILES string of the molecule is Cn1cc(CNC(=O)c2c(NC(=O)Cn3ccc([N+](=O)[O-])n3)cnn2C)cn1. The molecule has 146 valence electrons. The third-order valence-electron chi connectivity index (χ3n) is 3.76. The molecule has 0 saturated carbocycles. The highest BCUT2D eigenvalue weighted by atomic mass is 16.6. The summed E-state index contributed by atoms with van der Waals surface area (Å²) in [6.45, 7) is 0.0155. The Morgan fingerprint density at radius 1 is 1.25 bits per heavy atom. The first-order valence-electron chi connectivity index (χ1n) is 8.09. The van der Waals surface area contributed by atoms with Gasteiger partial charge in [0.2, 0.25) is 5.91 Å². The standard InChI is InChI=1S/C15H17N9O4/c1-21-8-10(6-17-21)5-16-15(26)14-11(7-18-22(14)2)19-13(25)9-23-4-3-12(20-23)24(27)28/h3-4,6-8H,5,9H2,1-2H3,(H,16,26)(H,19,25). The summed E-state index contributed by atoms with van der Waals surface area (Å²) in [5.74, 6) is -1.29. The smallest absolute Gasteiger partial charge is 0.358 e. The molecular weight excluding hydrogens is 370 g/mol. The fourth-order valence-electron chi connectivity index (χ4n) is 2.50. The number of carbonyl (C=O) groups excluding carboxylic acids is 2. The molecule has 28 heavy (non-hydrogen) atoms. The summed E-state index contributed by atoms with van der Waals surface area (Å²) in [5, 5.41) is 27.6. The number of nitrogens with zero attached hydrogens (tertiary/aromatic N) is 7. The zero-order chi connectivity index (χ0) is 20.3. The van der Waals surface area contributed by atoms with Gasteiger partial charge in [-0.1, -0.05) is 0 Å². The van der Waals surface area contributed by atoms with E-state index in [9.17, 15) is 19.7 Å². The van der Waals surface area contributed by atoms with E-state index in [0.717, 1.165) is 10.2 Å². The Morgan fingerprint density at radius 3 is 2.68 bits per heavy atom. The van der Waals surface area contributed by atoms with Gasteiger partial charge in [0, 0.05) is 32.4 Å². The zero-order valence-corrected chi connectivity index (χ0v) is 15.1. The van der Waals surface area contributed by atoms with E-state index in [0.29, 0.717) is 0 Å².